The predicted octanol–water partition coefficient (Wildman–Crippen LogP) is 4.44. The number of methoxy groups -OCH3 is 1. The van der Waals surface area contributed by atoms with E-state index >= 15 is 0 Å². The third-order valence-electron chi connectivity index (χ3n) is 5.34. The molecule has 7 heteroatoms. The van der Waals surface area contributed by atoms with Gasteiger partial charge in [0.05, 0.1) is 13.2 Å². The Morgan fingerprint density at radius 3 is 2.18 bits per heavy atom. The Labute approximate surface area is 199 Å². The first-order valence-electron chi connectivity index (χ1n) is 11.0. The number of aryl methyl sites for hydroxylation is 1. The van der Waals surface area contributed by atoms with Crippen molar-refractivity contribution in [3.63, 3.8) is 0 Å². The number of hydrogen-bond acceptors (Lipinski definition) is 4. The van der Waals surface area contributed by atoms with Crippen LogP contribution in [0.2, 0.25) is 0 Å². The highest BCUT2D eigenvalue weighted by atomic mass is 32.1. The first-order chi connectivity index (χ1) is 16.1. The Bertz CT molecular complexity index is 1010. The fraction of sp³-hybridized carbons (Fsp3) is 0.308. The third kappa shape index (κ3) is 7.73. The van der Waals surface area contributed by atoms with Gasteiger partial charge >= 0.3 is 6.03 Å². The van der Waals surface area contributed by atoms with E-state index in [-0.39, 0.29) is 18.5 Å². The molecule has 0 radical (unpaired) electrons. The molecule has 1 aromatic heterocycles. The van der Waals surface area contributed by atoms with Crippen LogP contribution in [0.3, 0.4) is 0 Å². The molecule has 1 heterocycles. The summed E-state index contributed by atoms with van der Waals surface area (Å²) in [5.74, 6) is -0.0994. The van der Waals surface area contributed by atoms with E-state index in [9.17, 15) is 9.59 Å². The summed E-state index contributed by atoms with van der Waals surface area (Å²) in [6, 6.07) is 21.4. The third-order valence-corrected chi connectivity index (χ3v) is 6.34. The topological polar surface area (TPSA) is 61.9 Å². The molecule has 0 saturated carbocycles. The summed E-state index contributed by atoms with van der Waals surface area (Å²) >= 11 is 1.64. The Hall–Kier alpha value is -3.16. The molecule has 0 fully saturated rings. The van der Waals surface area contributed by atoms with Crippen LogP contribution in [0.25, 0.3) is 0 Å². The molecule has 3 aromatic rings. The number of hydrogen-bond donors (Lipinski definition) is 1. The van der Waals surface area contributed by atoms with E-state index in [1.807, 2.05) is 70.9 Å². The minimum Gasteiger partial charge on any atom is -0.383 e. The zero-order valence-corrected chi connectivity index (χ0v) is 20.0. The molecule has 174 valence electrons. The lowest BCUT2D eigenvalue weighted by atomic mass is 10.2. The van der Waals surface area contributed by atoms with E-state index in [4.69, 9.17) is 4.74 Å². The van der Waals surface area contributed by atoms with Crippen molar-refractivity contribution in [1.82, 2.24) is 15.1 Å². The number of urea groups is 1. The summed E-state index contributed by atoms with van der Waals surface area (Å²) in [6.45, 7) is 4.14. The number of carbonyl (C=O) groups excluding carboxylic acids is 2. The molecule has 1 N–H and O–H groups in total. The second-order valence-electron chi connectivity index (χ2n) is 7.82. The largest absolute Gasteiger partial charge is 0.383 e. The first kappa shape index (κ1) is 24.5. The van der Waals surface area contributed by atoms with Gasteiger partial charge in [-0.2, -0.15) is 0 Å². The Morgan fingerprint density at radius 1 is 0.909 bits per heavy atom. The molecule has 0 unspecified atom stereocenters. The molecular weight excluding hydrogens is 434 g/mol. The van der Waals surface area contributed by atoms with E-state index in [0.717, 1.165) is 16.0 Å². The number of nitrogens with one attached hydrogen (secondary N) is 1. The Balaban J connectivity index is 1.70. The number of carbonyl (C=O) groups is 2. The number of benzene rings is 2. The van der Waals surface area contributed by atoms with Gasteiger partial charge in [-0.25, -0.2) is 4.79 Å². The quantitative estimate of drug-likeness (QED) is 0.455. The zero-order valence-electron chi connectivity index (χ0n) is 19.2. The molecule has 3 amide bonds. The van der Waals surface area contributed by atoms with Gasteiger partial charge in [0.25, 0.3) is 0 Å². The molecule has 33 heavy (non-hydrogen) atoms. The van der Waals surface area contributed by atoms with Crippen molar-refractivity contribution in [2.75, 3.05) is 26.8 Å². The maximum atomic E-state index is 13.4. The summed E-state index contributed by atoms with van der Waals surface area (Å²) < 4.78 is 5.18. The molecule has 0 aliphatic rings. The smallest absolute Gasteiger partial charge is 0.318 e. The molecule has 3 rings (SSSR count). The van der Waals surface area contributed by atoms with Crippen LogP contribution in [-0.2, 0) is 29.2 Å². The van der Waals surface area contributed by atoms with Gasteiger partial charge in [-0.15, -0.1) is 11.3 Å². The number of thiophene rings is 1. The highest BCUT2D eigenvalue weighted by Crippen LogP contribution is 2.19. The maximum Gasteiger partial charge on any atom is 0.318 e. The number of rotatable bonds is 11. The van der Waals surface area contributed by atoms with Crippen molar-refractivity contribution >= 4 is 23.3 Å². The monoisotopic (exact) mass is 465 g/mol. The second kappa shape index (κ2) is 12.8. The highest BCUT2D eigenvalue weighted by molar-refractivity contribution is 7.10. The Morgan fingerprint density at radius 2 is 1.58 bits per heavy atom. The normalized spacial score (nSPS) is 10.6. The second-order valence-corrected chi connectivity index (χ2v) is 8.82. The lowest BCUT2D eigenvalue weighted by molar-refractivity contribution is -0.133. The van der Waals surface area contributed by atoms with Crippen molar-refractivity contribution in [2.45, 2.75) is 26.6 Å². The van der Waals surface area contributed by atoms with Crippen molar-refractivity contribution in [2.24, 2.45) is 0 Å². The summed E-state index contributed by atoms with van der Waals surface area (Å²) in [7, 11) is 1.59. The highest BCUT2D eigenvalue weighted by Gasteiger charge is 2.22. The molecule has 2 aromatic carbocycles. The maximum absolute atomic E-state index is 13.4. The summed E-state index contributed by atoms with van der Waals surface area (Å²) in [5.41, 5.74) is 3.22. The van der Waals surface area contributed by atoms with Crippen LogP contribution < -0.4 is 5.32 Å². The molecule has 0 aliphatic heterocycles. The number of nitrogens with zero attached hydrogens (tertiary/aromatic N) is 2. The Kier molecular flexibility index (Phi) is 9.47. The summed E-state index contributed by atoms with van der Waals surface area (Å²) in [4.78, 5) is 30.8. The molecule has 6 nitrogen and oxygen atoms in total. The van der Waals surface area contributed by atoms with Crippen molar-refractivity contribution in [1.29, 1.82) is 0 Å². The molecule has 0 aliphatic carbocycles. The van der Waals surface area contributed by atoms with Crippen LogP contribution in [0.1, 0.15) is 21.6 Å². The lowest BCUT2D eigenvalue weighted by Crippen LogP contribution is -2.47. The predicted molar refractivity (Wildman–Crippen MR) is 132 cm³/mol. The fourth-order valence-electron chi connectivity index (χ4n) is 3.38. The fourth-order valence-corrected chi connectivity index (χ4v) is 4.30. The van der Waals surface area contributed by atoms with Gasteiger partial charge in [-0.1, -0.05) is 60.7 Å². The van der Waals surface area contributed by atoms with E-state index < -0.39 is 0 Å². The first-order valence-corrected chi connectivity index (χ1v) is 11.8. The number of ether oxygens (including phenoxy) is 1. The van der Waals surface area contributed by atoms with Crippen LogP contribution in [-0.4, -0.2) is 48.5 Å². The molecule has 0 bridgehead atoms. The van der Waals surface area contributed by atoms with Crippen LogP contribution in [0.5, 0.6) is 0 Å². The van der Waals surface area contributed by atoms with Crippen LogP contribution in [0, 0.1) is 6.92 Å². The van der Waals surface area contributed by atoms with Crippen molar-refractivity contribution < 1.29 is 14.3 Å². The van der Waals surface area contributed by atoms with Gasteiger partial charge in [0.1, 0.15) is 6.54 Å². The van der Waals surface area contributed by atoms with Gasteiger partial charge in [0.2, 0.25) is 5.91 Å². The van der Waals surface area contributed by atoms with Gasteiger partial charge in [0.15, 0.2) is 0 Å². The molecule has 0 saturated heterocycles. The average molecular weight is 466 g/mol. The van der Waals surface area contributed by atoms with E-state index in [2.05, 4.69) is 18.3 Å². The van der Waals surface area contributed by atoms with Crippen LogP contribution in [0.4, 0.5) is 4.79 Å². The summed E-state index contributed by atoms with van der Waals surface area (Å²) in [6.07, 6.45) is 0. The zero-order chi connectivity index (χ0) is 23.5. The standard InChI is InChI=1S/C26H31N3O3S/c1-21-13-16-33-24(21)19-29(18-23-11-7-4-8-12-23)25(30)20-28(14-15-32-2)26(31)27-17-22-9-5-3-6-10-22/h3-13,16H,14-15,17-20H2,1-2H3,(H,27,31). The average Bonchev–Trinajstić information content (AvgIpc) is 3.25. The SMILES string of the molecule is COCCN(CC(=O)N(Cc1ccccc1)Cc1sccc1C)C(=O)NCc1ccccc1. The van der Waals surface area contributed by atoms with Crippen LogP contribution >= 0.6 is 11.3 Å². The van der Waals surface area contributed by atoms with Gasteiger partial charge in [-0.3, -0.25) is 4.79 Å². The van der Waals surface area contributed by atoms with Crippen molar-refractivity contribution in [3.8, 4) is 0 Å². The van der Waals surface area contributed by atoms with Gasteiger partial charge < -0.3 is 19.9 Å². The number of amides is 3. The van der Waals surface area contributed by atoms with Crippen molar-refractivity contribution in [3.05, 3.63) is 93.7 Å². The molecule has 0 atom stereocenters. The molecule has 0 spiro atoms. The van der Waals surface area contributed by atoms with Gasteiger partial charge in [-0.05, 0) is 35.1 Å². The van der Waals surface area contributed by atoms with E-state index in [0.29, 0.717) is 32.8 Å². The summed E-state index contributed by atoms with van der Waals surface area (Å²) in [5, 5.41) is 4.96. The minimum atomic E-state index is -0.281. The van der Waals surface area contributed by atoms with E-state index in [1.54, 1.807) is 18.4 Å². The molecular formula is C26H31N3O3S. The van der Waals surface area contributed by atoms with E-state index in [1.165, 1.54) is 10.5 Å². The lowest BCUT2D eigenvalue weighted by Gasteiger charge is -2.28. The minimum absolute atomic E-state index is 0.0127. The van der Waals surface area contributed by atoms with Gasteiger partial charge in [0, 0.05) is 31.6 Å². The van der Waals surface area contributed by atoms with Crippen LogP contribution in [0.15, 0.2) is 72.1 Å².